The molecule has 0 saturated carbocycles. The van der Waals surface area contributed by atoms with Crippen LogP contribution >= 0.6 is 11.3 Å². The first-order valence-electron chi connectivity index (χ1n) is 22.1. The van der Waals surface area contributed by atoms with Crippen LogP contribution in [0.4, 0.5) is 17.1 Å². The predicted molar refractivity (Wildman–Crippen MR) is 273 cm³/mol. The summed E-state index contributed by atoms with van der Waals surface area (Å²) in [5, 5.41) is 7.23. The van der Waals surface area contributed by atoms with E-state index in [9.17, 15) is 0 Å². The molecule has 3 heteroatoms. The molecule has 0 unspecified atom stereocenters. The lowest BCUT2D eigenvalue weighted by Crippen LogP contribution is -2.15. The number of hydrogen-bond donors (Lipinski definition) is 0. The second kappa shape index (κ2) is 14.2. The van der Waals surface area contributed by atoms with Crippen molar-refractivity contribution in [2.45, 2.75) is 19.3 Å². The second-order valence-electron chi connectivity index (χ2n) is 17.6. The number of anilines is 3. The van der Waals surface area contributed by atoms with Crippen molar-refractivity contribution in [1.29, 1.82) is 0 Å². The summed E-state index contributed by atoms with van der Waals surface area (Å²) in [5.41, 5.74) is 17.1. The lowest BCUT2D eigenvalue weighted by Gasteiger charge is -2.29. The predicted octanol–water partition coefficient (Wildman–Crippen LogP) is 17.9. The molecule has 1 aliphatic rings. The Morgan fingerprint density at radius 2 is 1.05 bits per heavy atom. The van der Waals surface area contributed by atoms with Crippen LogP contribution in [0.3, 0.4) is 0 Å². The fourth-order valence-electron chi connectivity index (χ4n) is 10.5. The molecule has 0 saturated heterocycles. The minimum absolute atomic E-state index is 0.148. The van der Waals surface area contributed by atoms with E-state index in [2.05, 4.69) is 231 Å². The number of benzene rings is 10. The quantitative estimate of drug-likeness (QED) is 0.166. The molecule has 2 aromatic heterocycles. The van der Waals surface area contributed by atoms with Gasteiger partial charge in [-0.1, -0.05) is 178 Å². The van der Waals surface area contributed by atoms with Crippen molar-refractivity contribution in [2.24, 2.45) is 0 Å². The molecule has 0 amide bonds. The summed E-state index contributed by atoms with van der Waals surface area (Å²) in [6, 6.07) is 77.8. The molecule has 1 aliphatic carbocycles. The van der Waals surface area contributed by atoms with Gasteiger partial charge in [-0.05, 0) is 109 Å². The molecule has 0 atom stereocenters. The van der Waals surface area contributed by atoms with E-state index < -0.39 is 0 Å². The summed E-state index contributed by atoms with van der Waals surface area (Å²) in [4.78, 5) is 2.42. The topological polar surface area (TPSA) is 16.4 Å². The molecule has 12 aromatic rings. The molecule has 64 heavy (non-hydrogen) atoms. The zero-order chi connectivity index (χ0) is 42.5. The van der Waals surface area contributed by atoms with Gasteiger partial charge < -0.3 is 9.32 Å². The third-order valence-corrected chi connectivity index (χ3v) is 14.9. The van der Waals surface area contributed by atoms with E-state index in [1.807, 2.05) is 11.3 Å². The highest BCUT2D eigenvalue weighted by Crippen LogP contribution is 2.53. The summed E-state index contributed by atoms with van der Waals surface area (Å²) in [6.45, 7) is 4.72. The number of furan rings is 1. The van der Waals surface area contributed by atoms with Gasteiger partial charge in [0.1, 0.15) is 5.58 Å². The van der Waals surface area contributed by atoms with Gasteiger partial charge >= 0.3 is 0 Å². The molecule has 2 heterocycles. The Bertz CT molecular complexity index is 3800. The summed E-state index contributed by atoms with van der Waals surface area (Å²) in [7, 11) is 0. The highest BCUT2D eigenvalue weighted by Gasteiger charge is 2.36. The number of fused-ring (bicyclic) bond motifs is 11. The van der Waals surface area contributed by atoms with E-state index >= 15 is 0 Å². The molecule has 0 fully saturated rings. The van der Waals surface area contributed by atoms with Gasteiger partial charge in [0.2, 0.25) is 0 Å². The summed E-state index contributed by atoms with van der Waals surface area (Å²) >= 11 is 1.87. The molecule has 0 radical (unpaired) electrons. The first-order valence-corrected chi connectivity index (χ1v) is 22.9. The highest BCUT2D eigenvalue weighted by atomic mass is 32.1. The summed E-state index contributed by atoms with van der Waals surface area (Å²) < 4.78 is 9.81. The maximum Gasteiger partial charge on any atom is 0.160 e. The molecule has 10 aromatic carbocycles. The minimum atomic E-state index is -0.148. The monoisotopic (exact) mass is 835 g/mol. The minimum Gasteiger partial charge on any atom is -0.454 e. The van der Waals surface area contributed by atoms with Gasteiger partial charge in [-0.25, -0.2) is 0 Å². The number of thiophene rings is 1. The van der Waals surface area contributed by atoms with Crippen molar-refractivity contribution in [2.75, 3.05) is 4.90 Å². The van der Waals surface area contributed by atoms with Crippen LogP contribution in [0.2, 0.25) is 0 Å². The number of rotatable bonds is 6. The zero-order valence-electron chi connectivity index (χ0n) is 35.5. The van der Waals surface area contributed by atoms with Gasteiger partial charge in [-0.15, -0.1) is 11.3 Å². The number of nitrogens with zero attached hydrogens (tertiary/aromatic N) is 1. The SMILES string of the molecule is CC1(C)c2ccccc2-c2ccc(-c3ccc4c(oc5ccc6ccccc6c54)c3N(c3ccc(-c4ccccc4)cc3)c3ccc(-c4cccc5c4sc4ccccc45)cc3)cc21. The average molecular weight is 836 g/mol. The molecule has 0 bridgehead atoms. The van der Waals surface area contributed by atoms with Crippen LogP contribution in [0.15, 0.2) is 217 Å². The standard InChI is InChI=1S/C61H41NOS/c1-61(2)53-21-10-8-17-48(53)49-33-27-42(37-54(49)61)46-34-35-52-57-45-16-7-6-15-40(45)28-36-55(57)63-59(52)58(46)62(43-29-23-39(24-30-43)38-13-4-3-5-14-38)44-31-25-41(26-32-44)47-19-12-20-51-50-18-9-11-22-56(50)64-60(47)51/h3-37H,1-2H3. The van der Waals surface area contributed by atoms with Crippen LogP contribution < -0.4 is 4.90 Å². The molecule has 0 spiro atoms. The Labute approximate surface area is 375 Å². The van der Waals surface area contributed by atoms with Crippen molar-refractivity contribution >= 4 is 81.3 Å². The Morgan fingerprint density at radius 3 is 1.88 bits per heavy atom. The van der Waals surface area contributed by atoms with Crippen molar-refractivity contribution in [1.82, 2.24) is 0 Å². The van der Waals surface area contributed by atoms with Crippen LogP contribution in [-0.2, 0) is 5.41 Å². The Balaban J connectivity index is 1.06. The van der Waals surface area contributed by atoms with E-state index in [1.54, 1.807) is 0 Å². The number of hydrogen-bond acceptors (Lipinski definition) is 3. The first-order chi connectivity index (χ1) is 31.5. The van der Waals surface area contributed by atoms with Crippen LogP contribution in [0.25, 0.3) is 97.4 Å². The van der Waals surface area contributed by atoms with Gasteiger partial charge in [-0.3, -0.25) is 0 Å². The average Bonchev–Trinajstić information content (AvgIpc) is 4.00. The van der Waals surface area contributed by atoms with E-state index in [1.165, 1.54) is 75.5 Å². The lowest BCUT2D eigenvalue weighted by molar-refractivity contribution is 0.660. The van der Waals surface area contributed by atoms with Crippen molar-refractivity contribution in [3.8, 4) is 44.5 Å². The molecular formula is C61H41NOS. The van der Waals surface area contributed by atoms with Crippen LogP contribution in [-0.4, -0.2) is 0 Å². The smallest absolute Gasteiger partial charge is 0.160 e. The molecule has 302 valence electrons. The van der Waals surface area contributed by atoms with Gasteiger partial charge in [0.05, 0.1) is 5.69 Å². The molecule has 0 N–H and O–H groups in total. The van der Waals surface area contributed by atoms with Crippen LogP contribution in [0.5, 0.6) is 0 Å². The normalized spacial score (nSPS) is 13.0. The van der Waals surface area contributed by atoms with Gasteiger partial charge in [0.15, 0.2) is 5.58 Å². The third kappa shape index (κ3) is 5.57. The summed E-state index contributed by atoms with van der Waals surface area (Å²) in [6.07, 6.45) is 0. The van der Waals surface area contributed by atoms with Crippen molar-refractivity contribution < 1.29 is 4.42 Å². The molecular weight excluding hydrogens is 795 g/mol. The highest BCUT2D eigenvalue weighted by molar-refractivity contribution is 7.26. The lowest BCUT2D eigenvalue weighted by atomic mass is 9.81. The van der Waals surface area contributed by atoms with Gasteiger partial charge in [0, 0.05) is 53.3 Å². The van der Waals surface area contributed by atoms with E-state index in [-0.39, 0.29) is 5.41 Å². The fraction of sp³-hybridized carbons (Fsp3) is 0.0492. The van der Waals surface area contributed by atoms with Gasteiger partial charge in [0.25, 0.3) is 0 Å². The zero-order valence-corrected chi connectivity index (χ0v) is 36.3. The second-order valence-corrected chi connectivity index (χ2v) is 18.7. The molecule has 0 aliphatic heterocycles. The van der Waals surface area contributed by atoms with Crippen molar-refractivity contribution in [3.05, 3.63) is 223 Å². The van der Waals surface area contributed by atoms with E-state index in [0.29, 0.717) is 0 Å². The molecule has 13 rings (SSSR count). The van der Waals surface area contributed by atoms with E-state index in [4.69, 9.17) is 4.42 Å². The van der Waals surface area contributed by atoms with E-state index in [0.717, 1.165) is 50.1 Å². The third-order valence-electron chi connectivity index (χ3n) is 13.7. The molecule has 2 nitrogen and oxygen atoms in total. The Morgan fingerprint density at radius 1 is 0.422 bits per heavy atom. The maximum atomic E-state index is 7.18. The maximum absolute atomic E-state index is 7.18. The van der Waals surface area contributed by atoms with Crippen molar-refractivity contribution in [3.63, 3.8) is 0 Å². The van der Waals surface area contributed by atoms with Gasteiger partial charge in [-0.2, -0.15) is 0 Å². The Hall–Kier alpha value is -7.72. The Kier molecular flexibility index (Phi) is 8.16. The fourth-order valence-corrected chi connectivity index (χ4v) is 11.8. The van der Waals surface area contributed by atoms with Crippen LogP contribution in [0.1, 0.15) is 25.0 Å². The largest absolute Gasteiger partial charge is 0.454 e. The van der Waals surface area contributed by atoms with Crippen LogP contribution in [0, 0.1) is 0 Å². The first kappa shape index (κ1) is 36.9. The summed E-state index contributed by atoms with van der Waals surface area (Å²) in [5.74, 6) is 0.